The van der Waals surface area contributed by atoms with E-state index >= 15 is 0 Å². The number of rotatable bonds is 12. The van der Waals surface area contributed by atoms with Crippen molar-refractivity contribution in [2.75, 3.05) is 46.0 Å². The van der Waals surface area contributed by atoms with Crippen LogP contribution < -0.4 is 10.1 Å². The monoisotopic (exact) mass is 294 g/mol. The zero-order valence-corrected chi connectivity index (χ0v) is 13.7. The van der Waals surface area contributed by atoms with Crippen molar-refractivity contribution < 1.29 is 9.47 Å². The molecule has 1 rings (SSSR count). The van der Waals surface area contributed by atoms with Crippen molar-refractivity contribution in [1.82, 2.24) is 10.2 Å². The minimum atomic E-state index is 0.711. The Morgan fingerprint density at radius 2 is 1.81 bits per heavy atom. The molecule has 0 aliphatic heterocycles. The van der Waals surface area contributed by atoms with Crippen LogP contribution >= 0.6 is 0 Å². The second kappa shape index (κ2) is 11.5. The summed E-state index contributed by atoms with van der Waals surface area (Å²) in [5.41, 5.74) is 1.22. The number of benzene rings is 1. The van der Waals surface area contributed by atoms with Gasteiger partial charge in [0.1, 0.15) is 12.4 Å². The van der Waals surface area contributed by atoms with E-state index in [0.29, 0.717) is 6.61 Å². The number of likely N-dealkylation sites (N-methyl/N-ethyl adjacent to an activating group) is 1. The van der Waals surface area contributed by atoms with Gasteiger partial charge in [0.05, 0.1) is 6.61 Å². The smallest absolute Gasteiger partial charge is 0.123 e. The second-order valence-corrected chi connectivity index (χ2v) is 4.87. The molecule has 0 aliphatic rings. The standard InChI is InChI=1S/C17H30N2O2/c1-4-18-15-16-9-7-8-10-17(16)21-14-12-19(5-2)11-13-20-6-3/h7-10,18H,4-6,11-15H2,1-3H3. The quantitative estimate of drug-likeness (QED) is 0.601. The molecule has 1 aromatic carbocycles. The maximum Gasteiger partial charge on any atom is 0.123 e. The molecule has 120 valence electrons. The summed E-state index contributed by atoms with van der Waals surface area (Å²) in [4.78, 5) is 2.35. The van der Waals surface area contributed by atoms with Crippen molar-refractivity contribution in [3.63, 3.8) is 0 Å². The topological polar surface area (TPSA) is 33.7 Å². The number of nitrogens with one attached hydrogen (secondary N) is 1. The van der Waals surface area contributed by atoms with Crippen LogP contribution in [0.25, 0.3) is 0 Å². The Balaban J connectivity index is 2.36. The van der Waals surface area contributed by atoms with Gasteiger partial charge in [0, 0.05) is 31.8 Å². The maximum atomic E-state index is 5.95. The SMILES string of the molecule is CCNCc1ccccc1OCCN(CC)CCOCC. The molecule has 0 saturated heterocycles. The Morgan fingerprint density at radius 1 is 1.05 bits per heavy atom. The molecule has 0 fully saturated rings. The van der Waals surface area contributed by atoms with E-state index < -0.39 is 0 Å². The van der Waals surface area contributed by atoms with E-state index in [9.17, 15) is 0 Å². The average molecular weight is 294 g/mol. The largest absolute Gasteiger partial charge is 0.492 e. The molecule has 0 aromatic heterocycles. The van der Waals surface area contributed by atoms with Gasteiger partial charge in [0.25, 0.3) is 0 Å². The molecule has 0 radical (unpaired) electrons. The minimum absolute atomic E-state index is 0.711. The molecule has 0 spiro atoms. The van der Waals surface area contributed by atoms with E-state index in [1.807, 2.05) is 19.1 Å². The number of nitrogens with zero attached hydrogens (tertiary/aromatic N) is 1. The highest BCUT2D eigenvalue weighted by Crippen LogP contribution is 2.17. The fraction of sp³-hybridized carbons (Fsp3) is 0.647. The van der Waals surface area contributed by atoms with Gasteiger partial charge in [-0.3, -0.25) is 4.90 Å². The van der Waals surface area contributed by atoms with Gasteiger partial charge in [-0.1, -0.05) is 32.0 Å². The molecular weight excluding hydrogens is 264 g/mol. The summed E-state index contributed by atoms with van der Waals surface area (Å²) in [6, 6.07) is 8.24. The Bertz CT molecular complexity index is 372. The molecular formula is C17H30N2O2. The summed E-state index contributed by atoms with van der Waals surface area (Å²) in [5, 5.41) is 3.34. The predicted molar refractivity (Wildman–Crippen MR) is 87.9 cm³/mol. The van der Waals surface area contributed by atoms with Gasteiger partial charge < -0.3 is 14.8 Å². The fourth-order valence-corrected chi connectivity index (χ4v) is 2.10. The number of hydrogen-bond donors (Lipinski definition) is 1. The van der Waals surface area contributed by atoms with Gasteiger partial charge in [-0.25, -0.2) is 0 Å². The molecule has 0 atom stereocenters. The second-order valence-electron chi connectivity index (χ2n) is 4.87. The first-order chi connectivity index (χ1) is 10.3. The van der Waals surface area contributed by atoms with E-state index in [4.69, 9.17) is 9.47 Å². The van der Waals surface area contributed by atoms with Crippen LogP contribution in [0.2, 0.25) is 0 Å². The first-order valence-electron chi connectivity index (χ1n) is 8.03. The number of para-hydroxylation sites is 1. The fourth-order valence-electron chi connectivity index (χ4n) is 2.10. The van der Waals surface area contributed by atoms with Crippen LogP contribution in [0.4, 0.5) is 0 Å². The summed E-state index contributed by atoms with van der Waals surface area (Å²) >= 11 is 0. The molecule has 0 bridgehead atoms. The van der Waals surface area contributed by atoms with Crippen LogP contribution in [0.5, 0.6) is 5.75 Å². The highest BCUT2D eigenvalue weighted by Gasteiger charge is 2.05. The molecule has 1 N–H and O–H groups in total. The van der Waals surface area contributed by atoms with Gasteiger partial charge in [-0.05, 0) is 26.1 Å². The molecule has 0 heterocycles. The van der Waals surface area contributed by atoms with Crippen LogP contribution in [0.3, 0.4) is 0 Å². The van der Waals surface area contributed by atoms with Gasteiger partial charge in [0.2, 0.25) is 0 Å². The normalized spacial score (nSPS) is 11.0. The van der Waals surface area contributed by atoms with Crippen LogP contribution in [0.15, 0.2) is 24.3 Å². The molecule has 4 heteroatoms. The molecule has 0 saturated carbocycles. The van der Waals surface area contributed by atoms with E-state index in [0.717, 1.165) is 51.7 Å². The van der Waals surface area contributed by atoms with Crippen molar-refractivity contribution in [1.29, 1.82) is 0 Å². The summed E-state index contributed by atoms with van der Waals surface area (Å²) < 4.78 is 11.4. The maximum absolute atomic E-state index is 5.95. The summed E-state index contributed by atoms with van der Waals surface area (Å²) in [5.74, 6) is 0.985. The molecule has 21 heavy (non-hydrogen) atoms. The lowest BCUT2D eigenvalue weighted by atomic mass is 10.2. The Morgan fingerprint density at radius 3 is 2.52 bits per heavy atom. The van der Waals surface area contributed by atoms with Crippen LogP contribution in [-0.2, 0) is 11.3 Å². The van der Waals surface area contributed by atoms with E-state index in [-0.39, 0.29) is 0 Å². The zero-order valence-electron chi connectivity index (χ0n) is 13.7. The van der Waals surface area contributed by atoms with E-state index in [2.05, 4.69) is 36.2 Å². The summed E-state index contributed by atoms with van der Waals surface area (Å²) in [6.45, 7) is 13.3. The molecule has 0 amide bonds. The van der Waals surface area contributed by atoms with Crippen LogP contribution in [0, 0.1) is 0 Å². The van der Waals surface area contributed by atoms with E-state index in [1.165, 1.54) is 5.56 Å². The Kier molecular flexibility index (Phi) is 9.87. The third-order valence-electron chi connectivity index (χ3n) is 3.41. The first-order valence-corrected chi connectivity index (χ1v) is 8.03. The Labute approximate surface area is 129 Å². The highest BCUT2D eigenvalue weighted by atomic mass is 16.5. The van der Waals surface area contributed by atoms with Crippen molar-refractivity contribution in [2.45, 2.75) is 27.3 Å². The first kappa shape index (κ1) is 18.0. The lowest BCUT2D eigenvalue weighted by Gasteiger charge is -2.20. The zero-order chi connectivity index (χ0) is 15.3. The van der Waals surface area contributed by atoms with Crippen LogP contribution in [-0.4, -0.2) is 50.9 Å². The average Bonchev–Trinajstić information content (AvgIpc) is 2.52. The van der Waals surface area contributed by atoms with Crippen molar-refractivity contribution in [2.24, 2.45) is 0 Å². The van der Waals surface area contributed by atoms with Crippen LogP contribution in [0.1, 0.15) is 26.3 Å². The predicted octanol–water partition coefficient (Wildman–Crippen LogP) is 2.53. The van der Waals surface area contributed by atoms with Gasteiger partial charge in [0.15, 0.2) is 0 Å². The summed E-state index contributed by atoms with van der Waals surface area (Å²) in [6.07, 6.45) is 0. The molecule has 0 unspecified atom stereocenters. The third kappa shape index (κ3) is 7.46. The number of ether oxygens (including phenoxy) is 2. The third-order valence-corrected chi connectivity index (χ3v) is 3.41. The lowest BCUT2D eigenvalue weighted by molar-refractivity contribution is 0.108. The van der Waals surface area contributed by atoms with Gasteiger partial charge in [-0.15, -0.1) is 0 Å². The van der Waals surface area contributed by atoms with Gasteiger partial charge >= 0.3 is 0 Å². The molecule has 4 nitrogen and oxygen atoms in total. The lowest BCUT2D eigenvalue weighted by Crippen LogP contribution is -2.31. The summed E-state index contributed by atoms with van der Waals surface area (Å²) in [7, 11) is 0. The highest BCUT2D eigenvalue weighted by molar-refractivity contribution is 5.33. The van der Waals surface area contributed by atoms with E-state index in [1.54, 1.807) is 0 Å². The molecule has 0 aliphatic carbocycles. The minimum Gasteiger partial charge on any atom is -0.492 e. The molecule has 1 aromatic rings. The Hall–Kier alpha value is -1.10. The number of hydrogen-bond acceptors (Lipinski definition) is 4. The van der Waals surface area contributed by atoms with Crippen molar-refractivity contribution in [3.05, 3.63) is 29.8 Å². The van der Waals surface area contributed by atoms with Crippen molar-refractivity contribution >= 4 is 0 Å². The van der Waals surface area contributed by atoms with Crippen molar-refractivity contribution in [3.8, 4) is 5.75 Å². The van der Waals surface area contributed by atoms with Gasteiger partial charge in [-0.2, -0.15) is 0 Å².